The van der Waals surface area contributed by atoms with E-state index in [1.165, 1.54) is 4.57 Å². The molecule has 1 aliphatic heterocycles. The summed E-state index contributed by atoms with van der Waals surface area (Å²) >= 11 is 1.16. The summed E-state index contributed by atoms with van der Waals surface area (Å²) in [4.78, 5) is 14.6. The smallest absolute Gasteiger partial charge is 0.287 e. The number of hydrogen-bond donors (Lipinski definition) is 0. The highest BCUT2D eigenvalue weighted by Gasteiger charge is 2.34. The SMILES string of the molecule is O=c1cc(C(F)(F)F)nc2n1CCS2. The van der Waals surface area contributed by atoms with Gasteiger partial charge < -0.3 is 0 Å². The second-order valence-electron chi connectivity index (χ2n) is 2.76. The highest BCUT2D eigenvalue weighted by molar-refractivity contribution is 7.99. The minimum atomic E-state index is -4.54. The fourth-order valence-electron chi connectivity index (χ4n) is 1.17. The Kier molecular flexibility index (Phi) is 2.06. The lowest BCUT2D eigenvalue weighted by molar-refractivity contribution is -0.141. The van der Waals surface area contributed by atoms with E-state index < -0.39 is 17.4 Å². The zero-order valence-electron chi connectivity index (χ0n) is 6.84. The summed E-state index contributed by atoms with van der Waals surface area (Å²) in [5.74, 6) is 0.601. The minimum Gasteiger partial charge on any atom is -0.287 e. The Morgan fingerprint density at radius 2 is 2.21 bits per heavy atom. The lowest BCUT2D eigenvalue weighted by Gasteiger charge is -2.07. The number of hydrogen-bond acceptors (Lipinski definition) is 3. The molecule has 0 amide bonds. The molecule has 1 aliphatic rings. The molecule has 0 fully saturated rings. The van der Waals surface area contributed by atoms with Crippen LogP contribution in [0.3, 0.4) is 0 Å². The van der Waals surface area contributed by atoms with Crippen molar-refractivity contribution < 1.29 is 13.2 Å². The summed E-state index contributed by atoms with van der Waals surface area (Å²) in [5.41, 5.74) is -1.74. The predicted molar refractivity (Wildman–Crippen MR) is 44.2 cm³/mol. The number of fused-ring (bicyclic) bond motifs is 1. The van der Waals surface area contributed by atoms with Crippen molar-refractivity contribution in [3.63, 3.8) is 0 Å². The third kappa shape index (κ3) is 1.52. The molecule has 0 radical (unpaired) electrons. The van der Waals surface area contributed by atoms with Gasteiger partial charge in [-0.25, -0.2) is 4.98 Å². The summed E-state index contributed by atoms with van der Waals surface area (Å²) in [5, 5.41) is 0.157. The molecule has 0 aliphatic carbocycles. The van der Waals surface area contributed by atoms with Crippen molar-refractivity contribution >= 4 is 11.8 Å². The van der Waals surface area contributed by atoms with Crippen LogP contribution in [0.25, 0.3) is 0 Å². The van der Waals surface area contributed by atoms with E-state index >= 15 is 0 Å². The minimum absolute atomic E-state index is 0.157. The molecule has 0 aromatic carbocycles. The van der Waals surface area contributed by atoms with Crippen LogP contribution in [-0.2, 0) is 12.7 Å². The molecule has 0 unspecified atom stereocenters. The van der Waals surface area contributed by atoms with E-state index in [1.54, 1.807) is 0 Å². The maximum absolute atomic E-state index is 12.2. The monoisotopic (exact) mass is 222 g/mol. The van der Waals surface area contributed by atoms with Gasteiger partial charge in [0, 0.05) is 18.4 Å². The molecule has 3 nitrogen and oxygen atoms in total. The molecule has 76 valence electrons. The van der Waals surface area contributed by atoms with Crippen LogP contribution in [0, 0.1) is 0 Å². The van der Waals surface area contributed by atoms with E-state index in [4.69, 9.17) is 0 Å². The van der Waals surface area contributed by atoms with Crippen LogP contribution < -0.4 is 5.56 Å². The van der Waals surface area contributed by atoms with Gasteiger partial charge in [0.15, 0.2) is 10.9 Å². The lowest BCUT2D eigenvalue weighted by atomic mass is 10.4. The van der Waals surface area contributed by atoms with Gasteiger partial charge in [0.1, 0.15) is 0 Å². The van der Waals surface area contributed by atoms with E-state index in [9.17, 15) is 18.0 Å². The average Bonchev–Trinajstić information content (AvgIpc) is 2.50. The Morgan fingerprint density at radius 3 is 2.86 bits per heavy atom. The molecule has 2 rings (SSSR count). The third-order valence-electron chi connectivity index (χ3n) is 1.81. The van der Waals surface area contributed by atoms with Gasteiger partial charge in [-0.2, -0.15) is 13.2 Å². The Bertz CT molecular complexity index is 426. The van der Waals surface area contributed by atoms with Crippen LogP contribution in [-0.4, -0.2) is 15.3 Å². The first-order chi connectivity index (χ1) is 6.48. The average molecular weight is 222 g/mol. The van der Waals surface area contributed by atoms with Crippen LogP contribution in [0.15, 0.2) is 16.0 Å². The van der Waals surface area contributed by atoms with Crippen molar-refractivity contribution in [2.24, 2.45) is 0 Å². The van der Waals surface area contributed by atoms with Gasteiger partial charge in [0.05, 0.1) is 0 Å². The van der Waals surface area contributed by atoms with E-state index in [1.807, 2.05) is 0 Å². The van der Waals surface area contributed by atoms with Crippen LogP contribution in [0.2, 0.25) is 0 Å². The summed E-state index contributed by atoms with van der Waals surface area (Å²) < 4.78 is 37.9. The molecule has 0 N–H and O–H groups in total. The molecular weight excluding hydrogens is 217 g/mol. The third-order valence-corrected chi connectivity index (χ3v) is 2.77. The Hall–Kier alpha value is -0.980. The van der Waals surface area contributed by atoms with Gasteiger partial charge >= 0.3 is 6.18 Å². The highest BCUT2D eigenvalue weighted by Crippen LogP contribution is 2.29. The molecule has 7 heteroatoms. The molecule has 2 heterocycles. The number of rotatable bonds is 0. The first-order valence-electron chi connectivity index (χ1n) is 3.80. The first kappa shape index (κ1) is 9.57. The van der Waals surface area contributed by atoms with Gasteiger partial charge in [0.2, 0.25) is 0 Å². The van der Waals surface area contributed by atoms with E-state index in [-0.39, 0.29) is 5.16 Å². The van der Waals surface area contributed by atoms with Gasteiger partial charge in [-0.05, 0) is 0 Å². The lowest BCUT2D eigenvalue weighted by Crippen LogP contribution is -2.23. The number of alkyl halides is 3. The van der Waals surface area contributed by atoms with Gasteiger partial charge in [-0.1, -0.05) is 11.8 Å². The van der Waals surface area contributed by atoms with Crippen molar-refractivity contribution in [1.82, 2.24) is 9.55 Å². The van der Waals surface area contributed by atoms with Crippen molar-refractivity contribution in [1.29, 1.82) is 0 Å². The molecule has 0 spiro atoms. The van der Waals surface area contributed by atoms with Gasteiger partial charge in [-0.3, -0.25) is 9.36 Å². The normalized spacial score (nSPS) is 15.6. The van der Waals surface area contributed by atoms with Crippen LogP contribution in [0.4, 0.5) is 13.2 Å². The quantitative estimate of drug-likeness (QED) is 0.622. The number of thioether (sulfide) groups is 1. The van der Waals surface area contributed by atoms with E-state index in [0.29, 0.717) is 18.4 Å². The maximum atomic E-state index is 12.2. The second-order valence-corrected chi connectivity index (χ2v) is 3.82. The zero-order valence-corrected chi connectivity index (χ0v) is 7.65. The molecule has 14 heavy (non-hydrogen) atoms. The van der Waals surface area contributed by atoms with Crippen molar-refractivity contribution in [2.45, 2.75) is 17.9 Å². The standard InChI is InChI=1S/C7H5F3N2OS/c8-7(9,10)4-3-5(13)12-1-2-14-6(12)11-4/h3H,1-2H2. The molecule has 0 saturated heterocycles. The summed E-state index contributed by atoms with van der Waals surface area (Å²) in [6, 6.07) is 0.537. The largest absolute Gasteiger partial charge is 0.433 e. The second kappa shape index (κ2) is 3.01. The number of halogens is 3. The Balaban J connectivity index is 2.58. The Morgan fingerprint density at radius 1 is 1.50 bits per heavy atom. The van der Waals surface area contributed by atoms with E-state index in [0.717, 1.165) is 11.8 Å². The number of aromatic nitrogens is 2. The van der Waals surface area contributed by atoms with E-state index in [2.05, 4.69) is 4.98 Å². The highest BCUT2D eigenvalue weighted by atomic mass is 32.2. The van der Waals surface area contributed by atoms with Crippen molar-refractivity contribution in [3.05, 3.63) is 22.1 Å². The van der Waals surface area contributed by atoms with Crippen molar-refractivity contribution in [2.75, 3.05) is 5.75 Å². The fourth-order valence-corrected chi connectivity index (χ4v) is 2.13. The molecule has 1 aromatic rings. The first-order valence-corrected chi connectivity index (χ1v) is 4.79. The molecule has 0 atom stereocenters. The van der Waals surface area contributed by atoms with Crippen LogP contribution in [0.1, 0.15) is 5.69 Å². The van der Waals surface area contributed by atoms with Gasteiger partial charge in [-0.15, -0.1) is 0 Å². The molecule has 0 bridgehead atoms. The van der Waals surface area contributed by atoms with Crippen molar-refractivity contribution in [3.8, 4) is 0 Å². The summed E-state index contributed by atoms with van der Waals surface area (Å²) in [6.07, 6.45) is -4.54. The summed E-state index contributed by atoms with van der Waals surface area (Å²) in [7, 11) is 0. The van der Waals surface area contributed by atoms with Crippen LogP contribution >= 0.6 is 11.8 Å². The zero-order chi connectivity index (χ0) is 10.3. The molecule has 0 saturated carbocycles. The predicted octanol–water partition coefficient (Wildman–Crippen LogP) is 1.37. The number of nitrogens with zero attached hydrogens (tertiary/aromatic N) is 2. The topological polar surface area (TPSA) is 34.9 Å². The Labute approximate surface area is 81.0 Å². The molecule has 1 aromatic heterocycles. The maximum Gasteiger partial charge on any atom is 0.433 e. The fraction of sp³-hybridized carbons (Fsp3) is 0.429. The summed E-state index contributed by atoms with van der Waals surface area (Å²) in [6.45, 7) is 0.434. The van der Waals surface area contributed by atoms with Crippen LogP contribution in [0.5, 0.6) is 0 Å². The molecular formula is C7H5F3N2OS. The van der Waals surface area contributed by atoms with Gasteiger partial charge in [0.25, 0.3) is 5.56 Å².